The number of nitrogens with one attached hydrogen (secondary N) is 1. The molecule has 2 heterocycles. The van der Waals surface area contributed by atoms with E-state index in [1.807, 2.05) is 6.07 Å². The van der Waals surface area contributed by atoms with E-state index in [-0.39, 0.29) is 18.0 Å². The van der Waals surface area contributed by atoms with E-state index in [1.165, 1.54) is 5.56 Å². The molecule has 138 valence electrons. The number of likely N-dealkylation sites (tertiary alicyclic amines) is 1. The van der Waals surface area contributed by atoms with Gasteiger partial charge in [-0.25, -0.2) is 0 Å². The molecule has 0 aromatic heterocycles. The van der Waals surface area contributed by atoms with Crippen molar-refractivity contribution in [2.75, 3.05) is 26.3 Å². The minimum absolute atomic E-state index is 0.127. The molecule has 1 saturated heterocycles. The zero-order valence-corrected chi connectivity index (χ0v) is 15.4. The summed E-state index contributed by atoms with van der Waals surface area (Å²) < 4.78 is 11.5. The topological polar surface area (TPSA) is 50.8 Å². The summed E-state index contributed by atoms with van der Waals surface area (Å²) in [5.74, 6) is 1.79. The van der Waals surface area contributed by atoms with Crippen LogP contribution in [0.15, 0.2) is 18.2 Å². The van der Waals surface area contributed by atoms with Crippen LogP contribution in [0.4, 0.5) is 0 Å². The minimum atomic E-state index is 0.127. The quantitative estimate of drug-likeness (QED) is 0.859. The van der Waals surface area contributed by atoms with Gasteiger partial charge in [0.1, 0.15) is 0 Å². The Morgan fingerprint density at radius 1 is 1.28 bits per heavy atom. The Bertz CT molecular complexity index is 590. The second-order valence-corrected chi connectivity index (χ2v) is 7.14. The monoisotopic (exact) mass is 346 g/mol. The van der Waals surface area contributed by atoms with Gasteiger partial charge < -0.3 is 14.8 Å². The average Bonchev–Trinajstić information content (AvgIpc) is 2.90. The Hall–Kier alpha value is -1.75. The van der Waals surface area contributed by atoms with Crippen LogP contribution in [-0.4, -0.2) is 43.2 Å². The molecule has 2 aliphatic heterocycles. The maximum Gasteiger partial charge on any atom is 0.234 e. The van der Waals surface area contributed by atoms with E-state index < -0.39 is 0 Å². The van der Waals surface area contributed by atoms with Crippen molar-refractivity contribution in [3.8, 4) is 11.5 Å². The third-order valence-corrected chi connectivity index (χ3v) is 5.00. The van der Waals surface area contributed by atoms with Crippen molar-refractivity contribution < 1.29 is 14.3 Å². The molecule has 2 aliphatic rings. The van der Waals surface area contributed by atoms with Crippen molar-refractivity contribution in [1.82, 2.24) is 10.2 Å². The van der Waals surface area contributed by atoms with Crippen molar-refractivity contribution >= 4 is 5.91 Å². The molecule has 0 saturated carbocycles. The highest BCUT2D eigenvalue weighted by Gasteiger charge is 2.28. The van der Waals surface area contributed by atoms with E-state index in [2.05, 4.69) is 36.2 Å². The predicted octanol–water partition coefficient (Wildman–Crippen LogP) is 3.29. The summed E-state index contributed by atoms with van der Waals surface area (Å²) in [4.78, 5) is 14.6. The van der Waals surface area contributed by atoms with Gasteiger partial charge in [-0.2, -0.15) is 0 Å². The SMILES string of the molecule is CCC[C@@H](C)NC(=O)CN1CCC[C@H]1c1ccc2c(c1)OCCCO2. The first-order valence-corrected chi connectivity index (χ1v) is 9.60. The van der Waals surface area contributed by atoms with Gasteiger partial charge in [-0.1, -0.05) is 19.4 Å². The lowest BCUT2D eigenvalue weighted by atomic mass is 10.0. The Morgan fingerprint density at radius 3 is 2.88 bits per heavy atom. The third-order valence-electron chi connectivity index (χ3n) is 5.00. The first-order valence-electron chi connectivity index (χ1n) is 9.60. The van der Waals surface area contributed by atoms with Gasteiger partial charge in [-0.3, -0.25) is 9.69 Å². The van der Waals surface area contributed by atoms with Crippen molar-refractivity contribution in [2.45, 2.75) is 58.0 Å². The molecule has 0 unspecified atom stereocenters. The first-order chi connectivity index (χ1) is 12.2. The van der Waals surface area contributed by atoms with Crippen LogP contribution in [0, 0.1) is 0 Å². The molecule has 2 atom stereocenters. The standard InChI is InChI=1S/C20H30N2O3/c1-3-6-15(2)21-20(23)14-22-10-4-7-17(22)16-8-9-18-19(13-16)25-12-5-11-24-18/h8-9,13,15,17H,3-7,10-12,14H2,1-2H3,(H,21,23)/t15-,17+/m1/s1. The van der Waals surface area contributed by atoms with Gasteiger partial charge in [-0.15, -0.1) is 0 Å². The molecule has 0 bridgehead atoms. The number of rotatable bonds is 6. The average molecular weight is 346 g/mol. The minimum Gasteiger partial charge on any atom is -0.490 e. The van der Waals surface area contributed by atoms with Crippen LogP contribution >= 0.6 is 0 Å². The fraction of sp³-hybridized carbons (Fsp3) is 0.650. The Kier molecular flexibility index (Phi) is 6.19. The third kappa shape index (κ3) is 4.66. The number of hydrogen-bond donors (Lipinski definition) is 1. The number of benzene rings is 1. The van der Waals surface area contributed by atoms with Gasteiger partial charge >= 0.3 is 0 Å². The smallest absolute Gasteiger partial charge is 0.234 e. The molecule has 0 aliphatic carbocycles. The fourth-order valence-electron chi connectivity index (χ4n) is 3.79. The van der Waals surface area contributed by atoms with Crippen LogP contribution in [0.5, 0.6) is 11.5 Å². The van der Waals surface area contributed by atoms with E-state index in [0.29, 0.717) is 19.8 Å². The van der Waals surface area contributed by atoms with Crippen LogP contribution in [0.3, 0.4) is 0 Å². The number of hydrogen-bond acceptors (Lipinski definition) is 4. The summed E-state index contributed by atoms with van der Waals surface area (Å²) in [7, 11) is 0. The Labute approximate surface area is 150 Å². The van der Waals surface area contributed by atoms with E-state index in [0.717, 1.165) is 50.1 Å². The highest BCUT2D eigenvalue weighted by atomic mass is 16.5. The fourth-order valence-corrected chi connectivity index (χ4v) is 3.79. The van der Waals surface area contributed by atoms with Gasteiger partial charge in [0.05, 0.1) is 19.8 Å². The highest BCUT2D eigenvalue weighted by Crippen LogP contribution is 2.37. The van der Waals surface area contributed by atoms with Gasteiger partial charge in [0.15, 0.2) is 11.5 Å². The summed E-state index contributed by atoms with van der Waals surface area (Å²) in [6.45, 7) is 7.05. The molecule has 3 rings (SSSR count). The number of amides is 1. The molecule has 5 heteroatoms. The maximum absolute atomic E-state index is 12.3. The number of carbonyl (C=O) groups is 1. The van der Waals surface area contributed by atoms with E-state index in [9.17, 15) is 4.79 Å². The normalized spacial score (nSPS) is 21.6. The first kappa shape index (κ1) is 18.1. The second-order valence-electron chi connectivity index (χ2n) is 7.14. The van der Waals surface area contributed by atoms with Crippen molar-refractivity contribution in [1.29, 1.82) is 0 Å². The van der Waals surface area contributed by atoms with Gasteiger partial charge in [-0.05, 0) is 50.4 Å². The van der Waals surface area contributed by atoms with Gasteiger partial charge in [0, 0.05) is 18.5 Å². The van der Waals surface area contributed by atoms with Crippen molar-refractivity contribution in [3.63, 3.8) is 0 Å². The molecular formula is C20H30N2O3. The lowest BCUT2D eigenvalue weighted by molar-refractivity contribution is -0.123. The molecule has 1 aromatic carbocycles. The molecule has 1 N–H and O–H groups in total. The predicted molar refractivity (Wildman–Crippen MR) is 98.1 cm³/mol. The van der Waals surface area contributed by atoms with Gasteiger partial charge in [0.25, 0.3) is 0 Å². The summed E-state index contributed by atoms with van der Waals surface area (Å²) in [5.41, 5.74) is 1.22. The van der Waals surface area contributed by atoms with Crippen LogP contribution in [-0.2, 0) is 4.79 Å². The van der Waals surface area contributed by atoms with Crippen LogP contribution in [0.1, 0.15) is 57.6 Å². The van der Waals surface area contributed by atoms with Crippen LogP contribution < -0.4 is 14.8 Å². The summed E-state index contributed by atoms with van der Waals surface area (Å²) in [6, 6.07) is 6.76. The second kappa shape index (κ2) is 8.56. The van der Waals surface area contributed by atoms with Crippen LogP contribution in [0.2, 0.25) is 0 Å². The lowest BCUT2D eigenvalue weighted by Crippen LogP contribution is -2.40. The van der Waals surface area contributed by atoms with E-state index in [4.69, 9.17) is 9.47 Å². The zero-order chi connectivity index (χ0) is 17.6. The number of carbonyl (C=O) groups excluding carboxylic acids is 1. The van der Waals surface area contributed by atoms with Crippen LogP contribution in [0.25, 0.3) is 0 Å². The van der Waals surface area contributed by atoms with Gasteiger partial charge in [0.2, 0.25) is 5.91 Å². The molecule has 1 fully saturated rings. The molecule has 1 aromatic rings. The summed E-state index contributed by atoms with van der Waals surface area (Å²) >= 11 is 0. The molecule has 5 nitrogen and oxygen atoms in total. The molecule has 25 heavy (non-hydrogen) atoms. The Morgan fingerprint density at radius 2 is 2.08 bits per heavy atom. The maximum atomic E-state index is 12.3. The summed E-state index contributed by atoms with van der Waals surface area (Å²) in [5, 5.41) is 3.11. The van der Waals surface area contributed by atoms with E-state index in [1.54, 1.807) is 0 Å². The number of nitrogens with zero attached hydrogens (tertiary/aromatic N) is 1. The van der Waals surface area contributed by atoms with Crippen molar-refractivity contribution in [3.05, 3.63) is 23.8 Å². The number of fused-ring (bicyclic) bond motifs is 1. The zero-order valence-electron chi connectivity index (χ0n) is 15.4. The Balaban J connectivity index is 1.65. The molecule has 1 amide bonds. The molecule has 0 spiro atoms. The molecular weight excluding hydrogens is 316 g/mol. The molecule has 0 radical (unpaired) electrons. The highest BCUT2D eigenvalue weighted by molar-refractivity contribution is 5.78. The summed E-state index contributed by atoms with van der Waals surface area (Å²) in [6.07, 6.45) is 5.23. The number of ether oxygens (including phenoxy) is 2. The largest absolute Gasteiger partial charge is 0.490 e. The lowest BCUT2D eigenvalue weighted by Gasteiger charge is -2.25. The van der Waals surface area contributed by atoms with Crippen molar-refractivity contribution in [2.24, 2.45) is 0 Å². The van der Waals surface area contributed by atoms with E-state index >= 15 is 0 Å².